The minimum absolute atomic E-state index is 0.238. The highest BCUT2D eigenvalue weighted by atomic mass is 16.2. The minimum atomic E-state index is -0.578. The van der Waals surface area contributed by atoms with Crippen LogP contribution in [0.2, 0.25) is 0 Å². The first-order chi connectivity index (χ1) is 9.17. The Morgan fingerprint density at radius 3 is 2.79 bits per heavy atom. The number of fused-ring (bicyclic) bond motifs is 1. The summed E-state index contributed by atoms with van der Waals surface area (Å²) in [5.74, 6) is 0.512. The minimum Gasteiger partial charge on any atom is -0.332 e. The van der Waals surface area contributed by atoms with Crippen molar-refractivity contribution in [3.63, 3.8) is 0 Å². The highest BCUT2D eigenvalue weighted by molar-refractivity contribution is 5.74. The van der Waals surface area contributed by atoms with Gasteiger partial charge >= 0.3 is 5.69 Å². The topological polar surface area (TPSA) is 120 Å². The smallest absolute Gasteiger partial charge is 0.327 e. The highest BCUT2D eigenvalue weighted by Crippen LogP contribution is 2.18. The van der Waals surface area contributed by atoms with E-state index in [2.05, 4.69) is 19.9 Å². The van der Waals surface area contributed by atoms with Crippen LogP contribution in [0.1, 0.15) is 5.56 Å². The van der Waals surface area contributed by atoms with Crippen LogP contribution in [-0.4, -0.2) is 19.9 Å². The summed E-state index contributed by atoms with van der Waals surface area (Å²) >= 11 is 0. The summed E-state index contributed by atoms with van der Waals surface area (Å²) in [4.78, 5) is 34.5. The fourth-order valence-electron chi connectivity index (χ4n) is 1.91. The fraction of sp³-hybridized carbons (Fsp3) is 0.0833. The van der Waals surface area contributed by atoms with Gasteiger partial charge in [-0.3, -0.25) is 14.8 Å². The van der Waals surface area contributed by atoms with E-state index in [-0.39, 0.29) is 11.2 Å². The molecule has 7 nitrogen and oxygen atoms in total. The molecule has 2 heterocycles. The molecule has 0 bridgehead atoms. The van der Waals surface area contributed by atoms with Crippen molar-refractivity contribution < 1.29 is 0 Å². The second kappa shape index (κ2) is 4.21. The summed E-state index contributed by atoms with van der Waals surface area (Å²) in [6, 6.07) is 7.49. The normalized spacial score (nSPS) is 11.0. The molecule has 19 heavy (non-hydrogen) atoms. The standard InChI is InChI=1S/C12H11N5O2/c13-5-6-2-1-3-7(4-6)9-14-8-10(15-9)16-12(19)17-11(8)18/h1-4H,5,13H2,(H3,14,15,16,17,18,19). The van der Waals surface area contributed by atoms with E-state index < -0.39 is 11.2 Å². The van der Waals surface area contributed by atoms with Gasteiger partial charge in [-0.1, -0.05) is 18.2 Å². The van der Waals surface area contributed by atoms with Crippen molar-refractivity contribution >= 4 is 11.2 Å². The predicted molar refractivity (Wildman–Crippen MR) is 70.7 cm³/mol. The molecule has 0 aliphatic carbocycles. The fourth-order valence-corrected chi connectivity index (χ4v) is 1.91. The van der Waals surface area contributed by atoms with Crippen molar-refractivity contribution in [1.82, 2.24) is 19.9 Å². The van der Waals surface area contributed by atoms with Gasteiger partial charge in [0.25, 0.3) is 5.56 Å². The van der Waals surface area contributed by atoms with Crippen LogP contribution in [0.25, 0.3) is 22.6 Å². The lowest BCUT2D eigenvalue weighted by Crippen LogP contribution is -2.21. The van der Waals surface area contributed by atoms with E-state index in [1.807, 2.05) is 24.3 Å². The number of H-pyrrole nitrogens is 3. The molecule has 3 aromatic rings. The molecule has 0 saturated heterocycles. The van der Waals surface area contributed by atoms with Crippen molar-refractivity contribution in [1.29, 1.82) is 0 Å². The van der Waals surface area contributed by atoms with Crippen molar-refractivity contribution in [2.24, 2.45) is 5.73 Å². The third kappa shape index (κ3) is 1.95. The van der Waals surface area contributed by atoms with E-state index >= 15 is 0 Å². The quantitative estimate of drug-likeness (QED) is 0.519. The molecule has 2 aromatic heterocycles. The van der Waals surface area contributed by atoms with Gasteiger partial charge < -0.3 is 10.7 Å². The first-order valence-corrected chi connectivity index (χ1v) is 5.69. The number of hydrogen-bond donors (Lipinski definition) is 4. The number of imidazole rings is 1. The van der Waals surface area contributed by atoms with Gasteiger partial charge in [-0.25, -0.2) is 9.78 Å². The van der Waals surface area contributed by atoms with Crippen molar-refractivity contribution in [3.8, 4) is 11.4 Å². The second-order valence-electron chi connectivity index (χ2n) is 4.12. The number of nitrogens with one attached hydrogen (secondary N) is 3. The number of nitrogens with zero attached hydrogens (tertiary/aromatic N) is 1. The van der Waals surface area contributed by atoms with Crippen molar-refractivity contribution in [3.05, 3.63) is 50.7 Å². The SMILES string of the molecule is NCc1cccc(-c2nc3[nH]c(=O)[nH]c(=O)c3[nH]2)c1. The third-order valence-electron chi connectivity index (χ3n) is 2.83. The number of hydrogen-bond acceptors (Lipinski definition) is 4. The van der Waals surface area contributed by atoms with Gasteiger partial charge in [0.15, 0.2) is 5.65 Å². The predicted octanol–water partition coefficient (Wildman–Crippen LogP) is 0.0652. The lowest BCUT2D eigenvalue weighted by molar-refractivity contribution is 1.07. The molecule has 5 N–H and O–H groups in total. The van der Waals surface area contributed by atoms with Crippen LogP contribution in [0.4, 0.5) is 0 Å². The largest absolute Gasteiger partial charge is 0.332 e. The van der Waals surface area contributed by atoms with E-state index in [1.165, 1.54) is 0 Å². The zero-order chi connectivity index (χ0) is 13.4. The van der Waals surface area contributed by atoms with Gasteiger partial charge in [-0.05, 0) is 11.6 Å². The maximum absolute atomic E-state index is 11.6. The summed E-state index contributed by atoms with van der Waals surface area (Å²) in [6.07, 6.45) is 0. The lowest BCUT2D eigenvalue weighted by Gasteiger charge is -1.99. The Morgan fingerprint density at radius 1 is 1.16 bits per heavy atom. The van der Waals surface area contributed by atoms with Gasteiger partial charge in [0, 0.05) is 12.1 Å². The van der Waals surface area contributed by atoms with Gasteiger partial charge in [0.2, 0.25) is 0 Å². The maximum Gasteiger partial charge on any atom is 0.327 e. The van der Waals surface area contributed by atoms with Crippen molar-refractivity contribution in [2.75, 3.05) is 0 Å². The number of aromatic nitrogens is 4. The molecule has 96 valence electrons. The zero-order valence-corrected chi connectivity index (χ0v) is 9.86. The van der Waals surface area contributed by atoms with Gasteiger partial charge in [-0.2, -0.15) is 0 Å². The van der Waals surface area contributed by atoms with Crippen LogP contribution in [0.3, 0.4) is 0 Å². The Kier molecular flexibility index (Phi) is 2.53. The second-order valence-corrected chi connectivity index (χ2v) is 4.12. The Labute approximate surface area is 106 Å². The number of nitrogens with two attached hydrogens (primary N) is 1. The lowest BCUT2D eigenvalue weighted by atomic mass is 10.1. The summed E-state index contributed by atoms with van der Waals surface area (Å²) in [5, 5.41) is 0. The van der Waals surface area contributed by atoms with E-state index in [4.69, 9.17) is 5.73 Å². The van der Waals surface area contributed by atoms with Crippen LogP contribution >= 0.6 is 0 Å². The first-order valence-electron chi connectivity index (χ1n) is 5.69. The Hall–Kier alpha value is -2.67. The molecule has 3 rings (SSSR count). The summed E-state index contributed by atoms with van der Waals surface area (Å²) in [5.41, 5.74) is 6.76. The monoisotopic (exact) mass is 257 g/mol. The molecule has 0 fully saturated rings. The van der Waals surface area contributed by atoms with Crippen LogP contribution < -0.4 is 17.0 Å². The average molecular weight is 257 g/mol. The molecule has 0 atom stereocenters. The molecule has 0 saturated carbocycles. The summed E-state index contributed by atoms with van der Waals surface area (Å²) in [6.45, 7) is 0.422. The number of aromatic amines is 3. The summed E-state index contributed by atoms with van der Waals surface area (Å²) < 4.78 is 0. The van der Waals surface area contributed by atoms with Gasteiger partial charge in [0.05, 0.1) is 0 Å². The molecule has 7 heteroatoms. The number of rotatable bonds is 2. The molecule has 0 aliphatic rings. The van der Waals surface area contributed by atoms with Crippen LogP contribution in [0, 0.1) is 0 Å². The maximum atomic E-state index is 11.6. The molecule has 1 aromatic carbocycles. The van der Waals surface area contributed by atoms with E-state index in [0.717, 1.165) is 11.1 Å². The third-order valence-corrected chi connectivity index (χ3v) is 2.83. The zero-order valence-electron chi connectivity index (χ0n) is 9.86. The van der Waals surface area contributed by atoms with Crippen LogP contribution in [-0.2, 0) is 6.54 Å². The summed E-state index contributed by atoms with van der Waals surface area (Å²) in [7, 11) is 0. The molecule has 0 aliphatic heterocycles. The van der Waals surface area contributed by atoms with Crippen LogP contribution in [0.5, 0.6) is 0 Å². The van der Waals surface area contributed by atoms with Gasteiger partial charge in [0.1, 0.15) is 11.3 Å². The Morgan fingerprint density at radius 2 is 2.00 bits per heavy atom. The molecule has 0 radical (unpaired) electrons. The van der Waals surface area contributed by atoms with Crippen molar-refractivity contribution in [2.45, 2.75) is 6.54 Å². The molecule has 0 unspecified atom stereocenters. The molecule has 0 amide bonds. The Bertz CT molecular complexity index is 858. The Balaban J connectivity index is 2.23. The van der Waals surface area contributed by atoms with E-state index in [1.54, 1.807) is 0 Å². The molecular weight excluding hydrogens is 246 g/mol. The van der Waals surface area contributed by atoms with E-state index in [0.29, 0.717) is 12.4 Å². The number of benzene rings is 1. The average Bonchev–Trinajstić information content (AvgIpc) is 2.83. The highest BCUT2D eigenvalue weighted by Gasteiger charge is 2.09. The molecule has 0 spiro atoms. The molecular formula is C12H11N5O2. The first kappa shape index (κ1) is 11.4. The van der Waals surface area contributed by atoms with Gasteiger partial charge in [-0.15, -0.1) is 0 Å². The van der Waals surface area contributed by atoms with Crippen LogP contribution in [0.15, 0.2) is 33.9 Å². The van der Waals surface area contributed by atoms with E-state index in [9.17, 15) is 9.59 Å².